The average Bonchev–Trinajstić information content (AvgIpc) is 3.36. The molecule has 158 valence electrons. The van der Waals surface area contributed by atoms with E-state index in [4.69, 9.17) is 4.74 Å². The number of carbonyl (C=O) groups is 1. The maximum atomic E-state index is 14.3. The number of ether oxygens (including phenoxy) is 1. The molecule has 1 saturated heterocycles. The van der Waals surface area contributed by atoms with E-state index in [0.29, 0.717) is 28.6 Å². The van der Waals surface area contributed by atoms with Crippen molar-refractivity contribution in [1.82, 2.24) is 14.9 Å². The molecule has 30 heavy (non-hydrogen) atoms. The van der Waals surface area contributed by atoms with Crippen LogP contribution in [0.2, 0.25) is 0 Å². The highest BCUT2D eigenvalue weighted by Crippen LogP contribution is 2.63. The second-order valence-corrected chi connectivity index (χ2v) is 9.58. The molecule has 1 amide bonds. The van der Waals surface area contributed by atoms with Gasteiger partial charge in [0.25, 0.3) is 0 Å². The quantitative estimate of drug-likeness (QED) is 0.595. The zero-order chi connectivity index (χ0) is 20.9. The molecule has 1 aromatic carbocycles. The topological polar surface area (TPSA) is 55.3 Å². The monoisotopic (exact) mass is 477 g/mol. The third-order valence-electron chi connectivity index (χ3n) is 6.88. The first-order valence-electron chi connectivity index (χ1n) is 10.2. The van der Waals surface area contributed by atoms with Crippen molar-refractivity contribution in [3.05, 3.63) is 52.6 Å². The van der Waals surface area contributed by atoms with Crippen molar-refractivity contribution < 1.29 is 18.3 Å². The van der Waals surface area contributed by atoms with Crippen molar-refractivity contribution in [2.75, 3.05) is 13.2 Å². The summed E-state index contributed by atoms with van der Waals surface area (Å²) in [4.78, 5) is 23.2. The van der Waals surface area contributed by atoms with Gasteiger partial charge in [0.1, 0.15) is 22.9 Å². The van der Waals surface area contributed by atoms with Gasteiger partial charge in [-0.05, 0) is 64.7 Å². The number of rotatable bonds is 5. The highest BCUT2D eigenvalue weighted by Gasteiger charge is 2.62. The van der Waals surface area contributed by atoms with Crippen LogP contribution in [0.15, 0.2) is 41.3 Å². The Labute approximate surface area is 182 Å². The molecule has 0 N–H and O–H groups in total. The van der Waals surface area contributed by atoms with E-state index in [0.717, 1.165) is 19.3 Å². The Morgan fingerprint density at radius 1 is 1.27 bits per heavy atom. The lowest BCUT2D eigenvalue weighted by Crippen LogP contribution is -2.46. The lowest BCUT2D eigenvalue weighted by atomic mass is 9.68. The molecular weight excluding hydrogens is 456 g/mol. The van der Waals surface area contributed by atoms with Crippen molar-refractivity contribution in [2.45, 2.75) is 37.9 Å². The molecule has 0 spiro atoms. The Bertz CT molecular complexity index is 969. The third kappa shape index (κ3) is 3.49. The van der Waals surface area contributed by atoms with Crippen molar-refractivity contribution in [3.63, 3.8) is 0 Å². The van der Waals surface area contributed by atoms with E-state index in [1.807, 2.05) is 0 Å². The fraction of sp³-hybridized carbons (Fsp3) is 0.500. The summed E-state index contributed by atoms with van der Waals surface area (Å²) >= 11 is 3.30. The molecule has 6 rings (SSSR count). The van der Waals surface area contributed by atoms with E-state index in [2.05, 4.69) is 25.9 Å². The molecule has 2 bridgehead atoms. The maximum Gasteiger partial charge on any atom is 0.229 e. The zero-order valence-electron chi connectivity index (χ0n) is 16.3. The van der Waals surface area contributed by atoms with Crippen molar-refractivity contribution in [3.8, 4) is 5.88 Å². The predicted molar refractivity (Wildman–Crippen MR) is 109 cm³/mol. The highest BCUT2D eigenvalue weighted by atomic mass is 79.9. The van der Waals surface area contributed by atoms with Gasteiger partial charge in [0, 0.05) is 12.5 Å². The second kappa shape index (κ2) is 7.55. The Balaban J connectivity index is 1.27. The summed E-state index contributed by atoms with van der Waals surface area (Å²) < 4.78 is 34.5. The molecule has 3 saturated carbocycles. The van der Waals surface area contributed by atoms with Gasteiger partial charge in [-0.15, -0.1) is 0 Å². The van der Waals surface area contributed by atoms with Crippen LogP contribution < -0.4 is 4.74 Å². The number of hydrogen-bond donors (Lipinski definition) is 0. The fourth-order valence-corrected chi connectivity index (χ4v) is 5.79. The second-order valence-electron chi connectivity index (χ2n) is 8.76. The Morgan fingerprint density at radius 2 is 2.10 bits per heavy atom. The number of alkyl halides is 1. The summed E-state index contributed by atoms with van der Waals surface area (Å²) in [6.45, 7) is 0.588. The number of carbonyl (C=O) groups excluding carboxylic acids is 1. The first-order valence-corrected chi connectivity index (χ1v) is 11.0. The van der Waals surface area contributed by atoms with Crippen LogP contribution in [0.4, 0.5) is 8.78 Å². The zero-order valence-corrected chi connectivity index (χ0v) is 17.9. The maximum absolute atomic E-state index is 14.3. The molecule has 3 unspecified atom stereocenters. The van der Waals surface area contributed by atoms with E-state index in [1.54, 1.807) is 23.1 Å². The Morgan fingerprint density at radius 3 is 2.87 bits per heavy atom. The molecule has 1 aromatic heterocycles. The van der Waals surface area contributed by atoms with Gasteiger partial charge in [0.05, 0.1) is 24.6 Å². The number of benzene rings is 1. The number of nitrogens with zero attached hydrogens (tertiary/aromatic N) is 3. The highest BCUT2D eigenvalue weighted by molar-refractivity contribution is 9.10. The van der Waals surface area contributed by atoms with E-state index in [1.165, 1.54) is 18.5 Å². The number of likely N-dealkylation sites (tertiary alicyclic amines) is 1. The summed E-state index contributed by atoms with van der Waals surface area (Å²) in [6.07, 6.45) is 2.96. The van der Waals surface area contributed by atoms with Gasteiger partial charge in [-0.3, -0.25) is 4.79 Å². The lowest BCUT2D eigenvalue weighted by Gasteiger charge is -2.41. The van der Waals surface area contributed by atoms with E-state index in [9.17, 15) is 13.6 Å². The van der Waals surface area contributed by atoms with E-state index < -0.39 is 17.6 Å². The van der Waals surface area contributed by atoms with Gasteiger partial charge in [0.15, 0.2) is 0 Å². The standard InChI is InChI=1S/C22H22BrF2N3O2/c23-19-6-20(27-12-26-19)30-11-15-9-22(7-14(15)8-22)21(29)28-10-17(25)5-18(28)13-2-1-3-16(24)4-13/h1-4,6,12,14-15,17-18H,5,7-11H2. The molecule has 3 atom stereocenters. The SMILES string of the molecule is O=C(N1CC(F)CC1c1cccc(F)c1)C12CC(COc3cc(Br)ncn3)C(C1)C2. The molecule has 5 nitrogen and oxygen atoms in total. The van der Waals surface area contributed by atoms with Crippen LogP contribution in [0.3, 0.4) is 0 Å². The van der Waals surface area contributed by atoms with Crippen molar-refractivity contribution in [1.29, 1.82) is 0 Å². The van der Waals surface area contributed by atoms with Gasteiger partial charge < -0.3 is 9.64 Å². The van der Waals surface area contributed by atoms with Crippen LogP contribution >= 0.6 is 15.9 Å². The Hall–Kier alpha value is -2.09. The number of fused-ring (bicyclic) bond motifs is 1. The Kier molecular flexibility index (Phi) is 5.00. The normalized spacial score (nSPS) is 32.2. The fourth-order valence-electron chi connectivity index (χ4n) is 5.50. The summed E-state index contributed by atoms with van der Waals surface area (Å²) in [5.74, 6) is 0.876. The summed E-state index contributed by atoms with van der Waals surface area (Å²) in [7, 11) is 0. The van der Waals surface area contributed by atoms with Crippen LogP contribution in [-0.2, 0) is 4.79 Å². The first-order chi connectivity index (χ1) is 14.4. The molecule has 2 aromatic rings. The average molecular weight is 478 g/mol. The number of hydrogen-bond acceptors (Lipinski definition) is 4. The number of amides is 1. The summed E-state index contributed by atoms with van der Waals surface area (Å²) in [5.41, 5.74) is 0.239. The molecule has 2 heterocycles. The van der Waals surface area contributed by atoms with Crippen molar-refractivity contribution >= 4 is 21.8 Å². The molecule has 3 aliphatic carbocycles. The van der Waals surface area contributed by atoms with Gasteiger partial charge in [0.2, 0.25) is 11.8 Å². The van der Waals surface area contributed by atoms with Crippen molar-refractivity contribution in [2.24, 2.45) is 17.3 Å². The number of aromatic nitrogens is 2. The van der Waals surface area contributed by atoms with Crippen LogP contribution in [0.25, 0.3) is 0 Å². The summed E-state index contributed by atoms with van der Waals surface area (Å²) in [5, 5.41) is 0. The first kappa shape index (κ1) is 19.8. The predicted octanol–water partition coefficient (Wildman–Crippen LogP) is 4.49. The largest absolute Gasteiger partial charge is 0.477 e. The van der Waals surface area contributed by atoms with Crippen LogP contribution in [0.5, 0.6) is 5.88 Å². The van der Waals surface area contributed by atoms with Gasteiger partial charge in [-0.25, -0.2) is 18.7 Å². The van der Waals surface area contributed by atoms with Crippen LogP contribution in [0.1, 0.15) is 37.3 Å². The number of halogens is 3. The molecule has 0 radical (unpaired) electrons. The van der Waals surface area contributed by atoms with Gasteiger partial charge in [-0.1, -0.05) is 12.1 Å². The van der Waals surface area contributed by atoms with Gasteiger partial charge >= 0.3 is 0 Å². The summed E-state index contributed by atoms with van der Waals surface area (Å²) in [6, 6.07) is 7.49. The third-order valence-corrected chi connectivity index (χ3v) is 7.31. The van der Waals surface area contributed by atoms with Crippen LogP contribution in [-0.4, -0.2) is 40.1 Å². The molecule has 4 fully saturated rings. The minimum Gasteiger partial charge on any atom is -0.477 e. The molecule has 8 heteroatoms. The van der Waals surface area contributed by atoms with E-state index >= 15 is 0 Å². The van der Waals surface area contributed by atoms with Crippen LogP contribution in [0, 0.1) is 23.1 Å². The molecule has 4 aliphatic rings. The molecular formula is C22H22BrF2N3O2. The van der Waals surface area contributed by atoms with E-state index in [-0.39, 0.29) is 30.6 Å². The lowest BCUT2D eigenvalue weighted by molar-refractivity contribution is -0.147. The minimum atomic E-state index is -1.08. The minimum absolute atomic E-state index is 0.0143. The van der Waals surface area contributed by atoms with Gasteiger partial charge in [-0.2, -0.15) is 0 Å². The molecule has 1 aliphatic heterocycles. The smallest absolute Gasteiger partial charge is 0.229 e.